The minimum atomic E-state index is 0.0857. The molecule has 1 saturated heterocycles. The van der Waals surface area contributed by atoms with Gasteiger partial charge < -0.3 is 4.90 Å². The molecule has 4 heteroatoms. The van der Waals surface area contributed by atoms with Crippen molar-refractivity contribution in [1.29, 1.82) is 0 Å². The van der Waals surface area contributed by atoms with Gasteiger partial charge in [-0.1, -0.05) is 79.6 Å². The van der Waals surface area contributed by atoms with Crippen molar-refractivity contribution in [2.75, 3.05) is 26.2 Å². The number of nitrogens with zero attached hydrogens (tertiary/aromatic N) is 3. The van der Waals surface area contributed by atoms with Crippen LogP contribution in [-0.2, 0) is 4.79 Å². The van der Waals surface area contributed by atoms with Gasteiger partial charge in [0, 0.05) is 31.6 Å². The van der Waals surface area contributed by atoms with Gasteiger partial charge >= 0.3 is 0 Å². The molecule has 1 aromatic heterocycles. The fourth-order valence-corrected chi connectivity index (χ4v) is 5.29. The lowest BCUT2D eigenvalue weighted by Gasteiger charge is -2.38. The molecule has 2 heterocycles. The smallest absolute Gasteiger partial charge is 0.246 e. The number of carbonyl (C=O) groups is 1. The number of likely N-dealkylation sites (N-methyl/N-ethyl adjacent to an activating group) is 1. The molecule has 0 atom stereocenters. The minimum Gasteiger partial charge on any atom is -0.339 e. The lowest BCUT2D eigenvalue weighted by atomic mass is 9.88. The van der Waals surface area contributed by atoms with Crippen LogP contribution in [0.1, 0.15) is 61.8 Å². The molecule has 188 valence electrons. The van der Waals surface area contributed by atoms with Gasteiger partial charge in [-0.15, -0.1) is 0 Å². The predicted octanol–water partition coefficient (Wildman–Crippen LogP) is 6.62. The quantitative estimate of drug-likeness (QED) is 0.228. The molecule has 0 spiro atoms. The van der Waals surface area contributed by atoms with Gasteiger partial charge in [0.1, 0.15) is 0 Å². The highest BCUT2D eigenvalue weighted by molar-refractivity contribution is 5.91. The first-order valence-corrected chi connectivity index (χ1v) is 13.5. The number of benzene rings is 2. The monoisotopic (exact) mass is 481 g/mol. The Kier molecular flexibility index (Phi) is 9.87. The van der Waals surface area contributed by atoms with Gasteiger partial charge in [-0.25, -0.2) is 0 Å². The van der Waals surface area contributed by atoms with E-state index in [1.807, 2.05) is 23.1 Å². The van der Waals surface area contributed by atoms with E-state index in [2.05, 4.69) is 77.5 Å². The van der Waals surface area contributed by atoms with Crippen LogP contribution in [0.3, 0.4) is 0 Å². The van der Waals surface area contributed by atoms with E-state index in [0.717, 1.165) is 44.1 Å². The van der Waals surface area contributed by atoms with E-state index in [1.54, 1.807) is 18.5 Å². The van der Waals surface area contributed by atoms with E-state index in [-0.39, 0.29) is 5.91 Å². The van der Waals surface area contributed by atoms with Crippen LogP contribution in [0.5, 0.6) is 0 Å². The third-order valence-electron chi connectivity index (χ3n) is 7.33. The molecule has 0 radical (unpaired) electrons. The van der Waals surface area contributed by atoms with Crippen LogP contribution in [0.2, 0.25) is 0 Å². The number of hydrogen-bond donors (Lipinski definition) is 0. The number of carbonyl (C=O) groups excluding carboxylic acids is 1. The molecule has 0 aliphatic carbocycles. The molecule has 2 aromatic carbocycles. The first-order valence-electron chi connectivity index (χ1n) is 13.5. The van der Waals surface area contributed by atoms with Crippen molar-refractivity contribution in [1.82, 2.24) is 14.8 Å². The maximum absolute atomic E-state index is 12.6. The average Bonchev–Trinajstić information content (AvgIpc) is 2.94. The Morgan fingerprint density at radius 2 is 1.64 bits per heavy atom. The highest BCUT2D eigenvalue weighted by atomic mass is 16.2. The Hall–Kier alpha value is -3.24. The molecule has 4 nitrogen and oxygen atoms in total. The third-order valence-corrected chi connectivity index (χ3v) is 7.33. The van der Waals surface area contributed by atoms with Gasteiger partial charge in [-0.3, -0.25) is 14.7 Å². The Bertz CT molecular complexity index is 1020. The molecule has 0 saturated carbocycles. The van der Waals surface area contributed by atoms with Gasteiger partial charge in [-0.2, -0.15) is 0 Å². The summed E-state index contributed by atoms with van der Waals surface area (Å²) in [6.07, 6.45) is 13.0. The number of pyridine rings is 1. The first-order chi connectivity index (χ1) is 17.7. The average molecular weight is 482 g/mol. The summed E-state index contributed by atoms with van der Waals surface area (Å²) in [4.78, 5) is 21.3. The third kappa shape index (κ3) is 7.38. The Labute approximate surface area is 216 Å². The summed E-state index contributed by atoms with van der Waals surface area (Å²) in [5.41, 5.74) is 3.71. The van der Waals surface area contributed by atoms with Gasteiger partial charge in [0.2, 0.25) is 5.91 Å². The SMILES string of the molecule is CCN(CCCCC1CCN(C(c2ccccc2)c2ccccc2)CC1)C(=O)/C=C\c1cccnc1. The van der Waals surface area contributed by atoms with Crippen LogP contribution in [0.15, 0.2) is 91.3 Å². The van der Waals surface area contributed by atoms with E-state index in [0.29, 0.717) is 6.04 Å². The zero-order valence-electron chi connectivity index (χ0n) is 21.5. The van der Waals surface area contributed by atoms with Crippen molar-refractivity contribution in [3.63, 3.8) is 0 Å². The molecule has 0 unspecified atom stereocenters. The molecule has 1 amide bonds. The zero-order valence-corrected chi connectivity index (χ0v) is 21.5. The number of piperidine rings is 1. The second kappa shape index (κ2) is 13.7. The minimum absolute atomic E-state index is 0.0857. The van der Waals surface area contributed by atoms with Crippen molar-refractivity contribution >= 4 is 12.0 Å². The summed E-state index contributed by atoms with van der Waals surface area (Å²) in [5, 5.41) is 0. The topological polar surface area (TPSA) is 36.4 Å². The van der Waals surface area contributed by atoms with Crippen LogP contribution >= 0.6 is 0 Å². The largest absolute Gasteiger partial charge is 0.339 e. The van der Waals surface area contributed by atoms with E-state index in [9.17, 15) is 4.79 Å². The molecule has 1 aliphatic rings. The summed E-state index contributed by atoms with van der Waals surface area (Å²) < 4.78 is 0. The van der Waals surface area contributed by atoms with Crippen LogP contribution in [-0.4, -0.2) is 46.9 Å². The van der Waals surface area contributed by atoms with Gasteiger partial charge in [0.15, 0.2) is 0 Å². The van der Waals surface area contributed by atoms with Crippen LogP contribution in [0.4, 0.5) is 0 Å². The molecule has 3 aromatic rings. The van der Waals surface area contributed by atoms with Crippen molar-refractivity contribution in [3.05, 3.63) is 108 Å². The summed E-state index contributed by atoms with van der Waals surface area (Å²) in [7, 11) is 0. The van der Waals surface area contributed by atoms with Crippen molar-refractivity contribution in [2.24, 2.45) is 5.92 Å². The lowest BCUT2D eigenvalue weighted by Crippen LogP contribution is -2.37. The van der Waals surface area contributed by atoms with E-state index in [4.69, 9.17) is 0 Å². The normalized spacial score (nSPS) is 14.9. The number of likely N-dealkylation sites (tertiary alicyclic amines) is 1. The molecule has 1 aliphatic heterocycles. The molecular weight excluding hydrogens is 442 g/mol. The van der Waals surface area contributed by atoms with Crippen LogP contribution in [0.25, 0.3) is 6.08 Å². The number of unbranched alkanes of at least 4 members (excludes halogenated alkanes) is 1. The molecule has 1 fully saturated rings. The van der Waals surface area contributed by atoms with E-state index >= 15 is 0 Å². The first kappa shape index (κ1) is 25.8. The van der Waals surface area contributed by atoms with E-state index in [1.165, 1.54) is 36.8 Å². The van der Waals surface area contributed by atoms with Gasteiger partial charge in [0.25, 0.3) is 0 Å². The van der Waals surface area contributed by atoms with E-state index < -0.39 is 0 Å². The molecular formula is C32H39N3O. The zero-order chi connectivity index (χ0) is 25.0. The van der Waals surface area contributed by atoms with Crippen molar-refractivity contribution in [3.8, 4) is 0 Å². The maximum atomic E-state index is 12.6. The second-order valence-electron chi connectivity index (χ2n) is 9.74. The number of rotatable bonds is 11. The second-order valence-corrected chi connectivity index (χ2v) is 9.74. The Balaban J connectivity index is 1.22. The molecule has 4 rings (SSSR count). The number of hydrogen-bond acceptors (Lipinski definition) is 3. The summed E-state index contributed by atoms with van der Waals surface area (Å²) in [5.74, 6) is 0.868. The number of amides is 1. The number of aromatic nitrogens is 1. The molecule has 36 heavy (non-hydrogen) atoms. The van der Waals surface area contributed by atoms with Gasteiger partial charge in [0.05, 0.1) is 6.04 Å². The Morgan fingerprint density at radius 3 is 2.22 bits per heavy atom. The van der Waals surface area contributed by atoms with Crippen molar-refractivity contribution in [2.45, 2.75) is 45.1 Å². The highest BCUT2D eigenvalue weighted by Crippen LogP contribution is 2.33. The lowest BCUT2D eigenvalue weighted by molar-refractivity contribution is -0.125. The van der Waals surface area contributed by atoms with Crippen LogP contribution < -0.4 is 0 Å². The highest BCUT2D eigenvalue weighted by Gasteiger charge is 2.27. The molecule has 0 bridgehead atoms. The summed E-state index contributed by atoms with van der Waals surface area (Å²) in [6, 6.07) is 26.0. The fraction of sp³-hybridized carbons (Fsp3) is 0.375. The summed E-state index contributed by atoms with van der Waals surface area (Å²) >= 11 is 0. The molecule has 0 N–H and O–H groups in total. The van der Waals surface area contributed by atoms with Crippen molar-refractivity contribution < 1.29 is 4.79 Å². The van der Waals surface area contributed by atoms with Crippen LogP contribution in [0, 0.1) is 5.92 Å². The Morgan fingerprint density at radius 1 is 0.972 bits per heavy atom. The summed E-state index contributed by atoms with van der Waals surface area (Å²) in [6.45, 7) is 5.90. The maximum Gasteiger partial charge on any atom is 0.246 e. The fourth-order valence-electron chi connectivity index (χ4n) is 5.29. The van der Waals surface area contributed by atoms with Gasteiger partial charge in [-0.05, 0) is 74.0 Å². The standard InChI is InChI=1S/C32H39N3O/c1-2-34(31(36)19-18-28-13-11-22-33-26-28)23-10-9-12-27-20-24-35(25-21-27)32(29-14-5-3-6-15-29)30-16-7-4-8-17-30/h3-8,11,13-19,22,26-27,32H,2,9-10,12,20-21,23-25H2,1H3/b19-18-. The predicted molar refractivity (Wildman–Crippen MR) is 148 cm³/mol.